The fourth-order valence-electron chi connectivity index (χ4n) is 1.30. The molecule has 0 aromatic carbocycles. The summed E-state index contributed by atoms with van der Waals surface area (Å²) in [6.45, 7) is 3.28. The average molecular weight is 190 g/mol. The molecule has 2 rings (SSSR count). The second-order valence-corrected chi connectivity index (χ2v) is 3.03. The molecule has 2 aromatic heterocycles. The molecule has 2 aromatic rings. The van der Waals surface area contributed by atoms with E-state index in [1.807, 2.05) is 13.0 Å². The molecule has 0 aliphatic rings. The van der Waals surface area contributed by atoms with Gasteiger partial charge < -0.3 is 5.32 Å². The molecule has 0 spiro atoms. The number of rotatable bonds is 1. The van der Waals surface area contributed by atoms with Gasteiger partial charge in [-0.25, -0.2) is 9.50 Å². The van der Waals surface area contributed by atoms with Crippen LogP contribution in [-0.2, 0) is 4.79 Å². The van der Waals surface area contributed by atoms with E-state index in [1.54, 1.807) is 16.8 Å². The molecule has 0 saturated carbocycles. The zero-order chi connectivity index (χ0) is 10.1. The van der Waals surface area contributed by atoms with Crippen molar-refractivity contribution in [2.75, 3.05) is 5.32 Å². The van der Waals surface area contributed by atoms with E-state index in [1.165, 1.54) is 6.92 Å². The van der Waals surface area contributed by atoms with Crippen molar-refractivity contribution in [1.82, 2.24) is 14.6 Å². The van der Waals surface area contributed by atoms with Gasteiger partial charge >= 0.3 is 0 Å². The monoisotopic (exact) mass is 190 g/mol. The van der Waals surface area contributed by atoms with Crippen molar-refractivity contribution in [3.05, 3.63) is 24.2 Å². The van der Waals surface area contributed by atoms with E-state index < -0.39 is 0 Å². The smallest absolute Gasteiger partial charge is 0.221 e. The maximum Gasteiger partial charge on any atom is 0.221 e. The lowest BCUT2D eigenvalue weighted by atomic mass is 10.4. The molecule has 0 aliphatic heterocycles. The molecule has 0 unspecified atom stereocenters. The number of pyridine rings is 1. The number of nitrogens with one attached hydrogen (secondary N) is 1. The highest BCUT2D eigenvalue weighted by Crippen LogP contribution is 2.13. The number of amides is 1. The summed E-state index contributed by atoms with van der Waals surface area (Å²) in [5.41, 5.74) is 1.35. The Kier molecular flexibility index (Phi) is 1.92. The fourth-order valence-corrected chi connectivity index (χ4v) is 1.30. The number of carbonyl (C=O) groups excluding carboxylic acids is 1. The minimum Gasteiger partial charge on any atom is -0.323 e. The summed E-state index contributed by atoms with van der Waals surface area (Å²) in [5.74, 6) is 0.571. The third kappa shape index (κ3) is 1.44. The first-order valence-electron chi connectivity index (χ1n) is 4.26. The Labute approximate surface area is 80.8 Å². The van der Waals surface area contributed by atoms with E-state index in [2.05, 4.69) is 15.4 Å². The summed E-state index contributed by atoms with van der Waals surface area (Å²) in [6.07, 6.45) is 1.79. The van der Waals surface area contributed by atoms with Gasteiger partial charge in [0.15, 0.2) is 5.65 Å². The first-order valence-corrected chi connectivity index (χ1v) is 4.26. The van der Waals surface area contributed by atoms with E-state index in [9.17, 15) is 4.79 Å². The van der Waals surface area contributed by atoms with Crippen LogP contribution in [0.5, 0.6) is 0 Å². The van der Waals surface area contributed by atoms with E-state index in [-0.39, 0.29) is 5.91 Å². The summed E-state index contributed by atoms with van der Waals surface area (Å²) >= 11 is 0. The summed E-state index contributed by atoms with van der Waals surface area (Å²) in [4.78, 5) is 15.1. The Morgan fingerprint density at radius 3 is 3.07 bits per heavy atom. The van der Waals surface area contributed by atoms with Crippen LogP contribution in [0.4, 0.5) is 5.69 Å². The highest BCUT2D eigenvalue weighted by atomic mass is 16.1. The number of hydrogen-bond acceptors (Lipinski definition) is 3. The van der Waals surface area contributed by atoms with Crippen LogP contribution >= 0.6 is 0 Å². The Balaban J connectivity index is 2.58. The average Bonchev–Trinajstić information content (AvgIpc) is 2.45. The molecule has 0 saturated heterocycles. The molecular weight excluding hydrogens is 180 g/mol. The second-order valence-electron chi connectivity index (χ2n) is 3.03. The molecule has 14 heavy (non-hydrogen) atoms. The number of aryl methyl sites for hydroxylation is 1. The van der Waals surface area contributed by atoms with Gasteiger partial charge in [-0.15, -0.1) is 0 Å². The molecule has 0 aliphatic carbocycles. The summed E-state index contributed by atoms with van der Waals surface area (Å²) in [7, 11) is 0. The standard InChI is InChI=1S/C9H10N4O/c1-6-10-9-8(11-7(2)14)4-3-5-13(9)12-6/h3-5H,1-2H3,(H,11,14). The van der Waals surface area contributed by atoms with Gasteiger partial charge in [-0.1, -0.05) is 0 Å². The Morgan fingerprint density at radius 1 is 1.57 bits per heavy atom. The number of hydrogen-bond donors (Lipinski definition) is 1. The normalized spacial score (nSPS) is 10.4. The molecule has 0 atom stereocenters. The zero-order valence-corrected chi connectivity index (χ0v) is 7.98. The number of aromatic nitrogens is 3. The van der Waals surface area contributed by atoms with Gasteiger partial charge in [-0.05, 0) is 19.1 Å². The van der Waals surface area contributed by atoms with Crippen molar-refractivity contribution >= 4 is 17.2 Å². The lowest BCUT2D eigenvalue weighted by Gasteiger charge is -2.01. The van der Waals surface area contributed by atoms with Crippen LogP contribution in [-0.4, -0.2) is 20.5 Å². The molecule has 5 heteroatoms. The zero-order valence-electron chi connectivity index (χ0n) is 7.98. The quantitative estimate of drug-likeness (QED) is 0.729. The molecular formula is C9H10N4O. The first kappa shape index (κ1) is 8.68. The number of fused-ring (bicyclic) bond motifs is 1. The SMILES string of the molecule is CC(=O)Nc1cccn2nc(C)nc12. The molecule has 0 radical (unpaired) electrons. The third-order valence-electron chi connectivity index (χ3n) is 1.78. The molecule has 2 heterocycles. The second kappa shape index (κ2) is 3.10. The fraction of sp³-hybridized carbons (Fsp3) is 0.222. The number of carbonyl (C=O) groups is 1. The van der Waals surface area contributed by atoms with Crippen LogP contribution in [0, 0.1) is 6.92 Å². The lowest BCUT2D eigenvalue weighted by Crippen LogP contribution is -2.07. The Morgan fingerprint density at radius 2 is 2.36 bits per heavy atom. The van der Waals surface area contributed by atoms with Crippen LogP contribution in [0.15, 0.2) is 18.3 Å². The maximum atomic E-state index is 10.9. The summed E-state index contributed by atoms with van der Waals surface area (Å²) in [6, 6.07) is 3.61. The van der Waals surface area contributed by atoms with Crippen molar-refractivity contribution in [3.8, 4) is 0 Å². The molecule has 0 fully saturated rings. The van der Waals surface area contributed by atoms with E-state index in [0.29, 0.717) is 17.2 Å². The summed E-state index contributed by atoms with van der Waals surface area (Å²) < 4.78 is 1.64. The molecule has 1 N–H and O–H groups in total. The van der Waals surface area contributed by atoms with Gasteiger partial charge in [0.1, 0.15) is 5.82 Å². The molecule has 5 nitrogen and oxygen atoms in total. The van der Waals surface area contributed by atoms with Crippen molar-refractivity contribution in [2.24, 2.45) is 0 Å². The van der Waals surface area contributed by atoms with Crippen molar-refractivity contribution in [3.63, 3.8) is 0 Å². The predicted octanol–water partition coefficient (Wildman–Crippen LogP) is 0.996. The van der Waals surface area contributed by atoms with Crippen molar-refractivity contribution in [2.45, 2.75) is 13.8 Å². The van der Waals surface area contributed by atoms with Gasteiger partial charge in [0, 0.05) is 13.1 Å². The third-order valence-corrected chi connectivity index (χ3v) is 1.78. The molecule has 72 valence electrons. The van der Waals surface area contributed by atoms with Crippen LogP contribution in [0.1, 0.15) is 12.7 Å². The van der Waals surface area contributed by atoms with E-state index in [0.717, 1.165) is 0 Å². The van der Waals surface area contributed by atoms with Crippen molar-refractivity contribution in [1.29, 1.82) is 0 Å². The highest BCUT2D eigenvalue weighted by Gasteiger charge is 2.05. The van der Waals surface area contributed by atoms with E-state index >= 15 is 0 Å². The Hall–Kier alpha value is -1.91. The van der Waals surface area contributed by atoms with Crippen molar-refractivity contribution < 1.29 is 4.79 Å². The molecule has 1 amide bonds. The van der Waals surface area contributed by atoms with Crippen LogP contribution in [0.25, 0.3) is 5.65 Å². The van der Waals surface area contributed by atoms with E-state index in [4.69, 9.17) is 0 Å². The summed E-state index contributed by atoms with van der Waals surface area (Å²) in [5, 5.41) is 6.83. The van der Waals surface area contributed by atoms with Gasteiger partial charge in [0.05, 0.1) is 5.69 Å². The van der Waals surface area contributed by atoms with Gasteiger partial charge in [0.2, 0.25) is 5.91 Å². The lowest BCUT2D eigenvalue weighted by molar-refractivity contribution is -0.114. The maximum absolute atomic E-state index is 10.9. The minimum atomic E-state index is -0.112. The topological polar surface area (TPSA) is 59.3 Å². The predicted molar refractivity (Wildman–Crippen MR) is 52.0 cm³/mol. The van der Waals surface area contributed by atoms with Gasteiger partial charge in [0.25, 0.3) is 0 Å². The van der Waals surface area contributed by atoms with Crippen LogP contribution in [0.2, 0.25) is 0 Å². The Bertz CT molecular complexity index is 489. The van der Waals surface area contributed by atoms with Crippen LogP contribution < -0.4 is 5.32 Å². The van der Waals surface area contributed by atoms with Crippen LogP contribution in [0.3, 0.4) is 0 Å². The molecule has 0 bridgehead atoms. The largest absolute Gasteiger partial charge is 0.323 e. The van der Waals surface area contributed by atoms with Gasteiger partial charge in [-0.3, -0.25) is 4.79 Å². The number of nitrogens with zero attached hydrogens (tertiary/aromatic N) is 3. The minimum absolute atomic E-state index is 0.112. The number of anilines is 1. The highest BCUT2D eigenvalue weighted by molar-refractivity contribution is 5.92. The van der Waals surface area contributed by atoms with Gasteiger partial charge in [-0.2, -0.15) is 5.10 Å². The first-order chi connectivity index (χ1) is 6.66.